The number of hydrogen-bond acceptors (Lipinski definition) is 3. The van der Waals surface area contributed by atoms with Crippen molar-refractivity contribution in [1.29, 1.82) is 0 Å². The fraction of sp³-hybridized carbons (Fsp3) is 0.636. The van der Waals surface area contributed by atoms with E-state index in [9.17, 15) is 5.11 Å². The van der Waals surface area contributed by atoms with Gasteiger partial charge in [0.25, 0.3) is 0 Å². The van der Waals surface area contributed by atoms with Crippen LogP contribution in [0.3, 0.4) is 0 Å². The zero-order valence-corrected chi connectivity index (χ0v) is 10.1. The Hall–Kier alpha value is -0.380. The molecule has 0 saturated heterocycles. The van der Waals surface area contributed by atoms with Gasteiger partial charge in [0.2, 0.25) is 0 Å². The zero-order valence-electron chi connectivity index (χ0n) is 9.24. The van der Waals surface area contributed by atoms with Gasteiger partial charge in [-0.15, -0.1) is 11.3 Å². The van der Waals surface area contributed by atoms with Crippen LogP contribution in [0.5, 0.6) is 0 Å². The van der Waals surface area contributed by atoms with E-state index in [1.54, 1.807) is 11.3 Å². The van der Waals surface area contributed by atoms with Gasteiger partial charge in [-0.2, -0.15) is 0 Å². The van der Waals surface area contributed by atoms with Gasteiger partial charge in [-0.05, 0) is 29.3 Å². The molecule has 1 rings (SSSR count). The molecular formula is C11H19NOS. The zero-order chi connectivity index (χ0) is 10.9. The number of aryl methyl sites for hydroxylation is 1. The molecule has 0 radical (unpaired) electrons. The van der Waals surface area contributed by atoms with Gasteiger partial charge < -0.3 is 10.8 Å². The van der Waals surface area contributed by atoms with Gasteiger partial charge in [0.1, 0.15) is 0 Å². The normalized spacial score (nSPS) is 16.7. The van der Waals surface area contributed by atoms with E-state index in [-0.39, 0.29) is 11.5 Å². The summed E-state index contributed by atoms with van der Waals surface area (Å²) in [6, 6.07) is 1.77. The van der Waals surface area contributed by atoms with E-state index in [0.29, 0.717) is 0 Å². The van der Waals surface area contributed by atoms with E-state index >= 15 is 0 Å². The molecule has 3 N–H and O–H groups in total. The first-order valence-electron chi connectivity index (χ1n) is 4.81. The van der Waals surface area contributed by atoms with Crippen molar-refractivity contribution in [3.8, 4) is 0 Å². The Bertz CT molecular complexity index is 300. The molecule has 0 unspecified atom stereocenters. The van der Waals surface area contributed by atoms with Gasteiger partial charge in [-0.1, -0.05) is 20.8 Å². The lowest BCUT2D eigenvalue weighted by Gasteiger charge is -2.30. The van der Waals surface area contributed by atoms with Gasteiger partial charge in [0.05, 0.1) is 12.1 Å². The standard InChI is InChI=1S/C11H19NOS/c1-7-5-6-14-9(7)8(12)10(13)11(2,3)4/h5-6,8,10,13H,12H2,1-4H3/t8-,10-/m0/s1. The van der Waals surface area contributed by atoms with Crippen LogP contribution in [-0.2, 0) is 0 Å². The minimum Gasteiger partial charge on any atom is -0.391 e. The van der Waals surface area contributed by atoms with Crippen molar-refractivity contribution in [2.24, 2.45) is 11.1 Å². The van der Waals surface area contributed by atoms with Gasteiger partial charge in [0.15, 0.2) is 0 Å². The molecule has 1 aromatic heterocycles. The maximum Gasteiger partial charge on any atom is 0.0789 e. The molecule has 0 fully saturated rings. The second kappa shape index (κ2) is 4.01. The Labute approximate surface area is 89.8 Å². The van der Waals surface area contributed by atoms with Crippen molar-refractivity contribution < 1.29 is 5.11 Å². The van der Waals surface area contributed by atoms with Crippen LogP contribution in [0.1, 0.15) is 37.3 Å². The SMILES string of the molecule is Cc1ccsc1[C@H](N)[C@H](O)C(C)(C)C. The number of rotatable bonds is 2. The lowest BCUT2D eigenvalue weighted by atomic mass is 9.84. The summed E-state index contributed by atoms with van der Waals surface area (Å²) in [4.78, 5) is 1.09. The number of thiophene rings is 1. The van der Waals surface area contributed by atoms with E-state index in [1.807, 2.05) is 39.1 Å². The largest absolute Gasteiger partial charge is 0.391 e. The van der Waals surface area contributed by atoms with E-state index in [4.69, 9.17) is 5.73 Å². The minimum absolute atomic E-state index is 0.171. The molecule has 0 spiro atoms. The van der Waals surface area contributed by atoms with Gasteiger partial charge >= 0.3 is 0 Å². The number of hydrogen-bond donors (Lipinski definition) is 2. The number of aliphatic hydroxyl groups excluding tert-OH is 1. The van der Waals surface area contributed by atoms with Gasteiger partial charge in [-0.3, -0.25) is 0 Å². The maximum absolute atomic E-state index is 10.0. The van der Waals surface area contributed by atoms with Crippen molar-refractivity contribution in [2.75, 3.05) is 0 Å². The molecule has 1 heterocycles. The Morgan fingerprint density at radius 3 is 2.36 bits per heavy atom. The number of aliphatic hydroxyl groups is 1. The first-order valence-corrected chi connectivity index (χ1v) is 5.69. The fourth-order valence-corrected chi connectivity index (χ4v) is 2.37. The molecule has 3 heteroatoms. The quantitative estimate of drug-likeness (QED) is 0.792. The van der Waals surface area contributed by atoms with Crippen LogP contribution >= 0.6 is 11.3 Å². The van der Waals surface area contributed by atoms with Crippen molar-refractivity contribution in [3.63, 3.8) is 0 Å². The minimum atomic E-state index is -0.500. The second-order valence-corrected chi connectivity index (χ2v) is 5.75. The smallest absolute Gasteiger partial charge is 0.0789 e. The van der Waals surface area contributed by atoms with Crippen LogP contribution in [0.4, 0.5) is 0 Å². The van der Waals surface area contributed by atoms with Crippen molar-refractivity contribution in [3.05, 3.63) is 21.9 Å². The molecule has 0 bridgehead atoms. The average molecular weight is 213 g/mol. The number of nitrogens with two attached hydrogens (primary N) is 1. The van der Waals surface area contributed by atoms with Crippen LogP contribution < -0.4 is 5.73 Å². The van der Waals surface area contributed by atoms with E-state index in [0.717, 1.165) is 4.88 Å². The highest BCUT2D eigenvalue weighted by Gasteiger charge is 2.30. The van der Waals surface area contributed by atoms with Crippen LogP contribution in [0.15, 0.2) is 11.4 Å². The van der Waals surface area contributed by atoms with Crippen molar-refractivity contribution in [1.82, 2.24) is 0 Å². The third-order valence-electron chi connectivity index (χ3n) is 2.43. The molecule has 0 saturated carbocycles. The van der Waals surface area contributed by atoms with Gasteiger partial charge in [-0.25, -0.2) is 0 Å². The molecule has 2 nitrogen and oxygen atoms in total. The van der Waals surface area contributed by atoms with Crippen LogP contribution in [0, 0.1) is 12.3 Å². The first kappa shape index (κ1) is 11.7. The lowest BCUT2D eigenvalue weighted by Crippen LogP contribution is -2.36. The Balaban J connectivity index is 2.86. The second-order valence-electron chi connectivity index (χ2n) is 4.80. The molecule has 0 aliphatic rings. The summed E-state index contributed by atoms with van der Waals surface area (Å²) < 4.78 is 0. The summed E-state index contributed by atoms with van der Waals surface area (Å²) in [6.45, 7) is 8.03. The molecule has 0 aliphatic heterocycles. The summed E-state index contributed by atoms with van der Waals surface area (Å²) in [7, 11) is 0. The maximum atomic E-state index is 10.0. The van der Waals surface area contributed by atoms with E-state index in [2.05, 4.69) is 0 Å². The Kier molecular flexibility index (Phi) is 3.35. The molecular weight excluding hydrogens is 194 g/mol. The molecule has 0 aliphatic carbocycles. The molecule has 2 atom stereocenters. The monoisotopic (exact) mass is 213 g/mol. The molecule has 80 valence electrons. The highest BCUT2D eigenvalue weighted by Crippen LogP contribution is 2.32. The molecule has 0 amide bonds. The van der Waals surface area contributed by atoms with Crippen LogP contribution in [0.25, 0.3) is 0 Å². The van der Waals surface area contributed by atoms with Gasteiger partial charge in [0, 0.05) is 4.88 Å². The summed E-state index contributed by atoms with van der Waals surface area (Å²) in [5, 5.41) is 12.0. The summed E-state index contributed by atoms with van der Waals surface area (Å²) in [5.74, 6) is 0. The van der Waals surface area contributed by atoms with Crippen LogP contribution in [-0.4, -0.2) is 11.2 Å². The predicted molar refractivity (Wildman–Crippen MR) is 61.4 cm³/mol. The molecule has 0 aromatic carbocycles. The lowest BCUT2D eigenvalue weighted by molar-refractivity contribution is 0.0409. The van der Waals surface area contributed by atoms with E-state index < -0.39 is 6.10 Å². The van der Waals surface area contributed by atoms with Crippen LogP contribution in [0.2, 0.25) is 0 Å². The fourth-order valence-electron chi connectivity index (χ4n) is 1.41. The summed E-state index contributed by atoms with van der Waals surface area (Å²) >= 11 is 1.62. The predicted octanol–water partition coefficient (Wildman–Crippen LogP) is 2.46. The molecule has 1 aromatic rings. The average Bonchev–Trinajstić information content (AvgIpc) is 2.47. The Morgan fingerprint density at radius 1 is 1.43 bits per heavy atom. The first-order chi connectivity index (χ1) is 6.34. The highest BCUT2D eigenvalue weighted by atomic mass is 32.1. The third-order valence-corrected chi connectivity index (χ3v) is 3.55. The van der Waals surface area contributed by atoms with Crippen molar-refractivity contribution >= 4 is 11.3 Å². The van der Waals surface area contributed by atoms with Crippen molar-refractivity contribution in [2.45, 2.75) is 39.8 Å². The third kappa shape index (κ3) is 2.35. The van der Waals surface area contributed by atoms with E-state index in [1.165, 1.54) is 5.56 Å². The molecule has 14 heavy (non-hydrogen) atoms. The summed E-state index contributed by atoms with van der Waals surface area (Å²) in [5.41, 5.74) is 7.03. The Morgan fingerprint density at radius 2 is 2.00 bits per heavy atom. The summed E-state index contributed by atoms with van der Waals surface area (Å²) in [6.07, 6.45) is -0.500. The topological polar surface area (TPSA) is 46.2 Å². The highest BCUT2D eigenvalue weighted by molar-refractivity contribution is 7.10.